The molecule has 0 radical (unpaired) electrons. The third-order valence-electron chi connectivity index (χ3n) is 2.98. The van der Waals surface area contributed by atoms with Crippen molar-refractivity contribution in [1.82, 2.24) is 14.9 Å². The molecule has 0 saturated carbocycles. The summed E-state index contributed by atoms with van der Waals surface area (Å²) in [4.78, 5) is 22.2. The highest BCUT2D eigenvalue weighted by atomic mass is 16.5. The van der Waals surface area contributed by atoms with Gasteiger partial charge in [0, 0.05) is 26.7 Å². The van der Waals surface area contributed by atoms with Crippen LogP contribution in [-0.2, 0) is 4.74 Å². The van der Waals surface area contributed by atoms with E-state index >= 15 is 0 Å². The summed E-state index contributed by atoms with van der Waals surface area (Å²) >= 11 is 0. The molecule has 2 heterocycles. The Morgan fingerprint density at radius 1 is 1.61 bits per heavy atom. The van der Waals surface area contributed by atoms with Crippen LogP contribution in [0.5, 0.6) is 0 Å². The van der Waals surface area contributed by atoms with Crippen LogP contribution in [0.2, 0.25) is 0 Å². The van der Waals surface area contributed by atoms with Crippen LogP contribution in [0.3, 0.4) is 0 Å². The zero-order chi connectivity index (χ0) is 13.0. The molecule has 1 aromatic heterocycles. The minimum atomic E-state index is -0.0817. The molecule has 0 spiro atoms. The average Bonchev–Trinajstić information content (AvgIpc) is 2.87. The van der Waals surface area contributed by atoms with E-state index in [2.05, 4.69) is 15.3 Å². The van der Waals surface area contributed by atoms with Gasteiger partial charge in [0.2, 0.25) is 0 Å². The van der Waals surface area contributed by atoms with Gasteiger partial charge in [0.1, 0.15) is 11.5 Å². The Kier molecular flexibility index (Phi) is 4.09. The van der Waals surface area contributed by atoms with Crippen LogP contribution < -0.4 is 5.32 Å². The van der Waals surface area contributed by atoms with Crippen molar-refractivity contribution in [3.05, 3.63) is 18.1 Å². The quantitative estimate of drug-likeness (QED) is 0.855. The summed E-state index contributed by atoms with van der Waals surface area (Å²) in [6.07, 6.45) is 4.13. The van der Waals surface area contributed by atoms with E-state index in [9.17, 15) is 4.79 Å². The highest BCUT2D eigenvalue weighted by Crippen LogP contribution is 2.15. The summed E-state index contributed by atoms with van der Waals surface area (Å²) in [6, 6.07) is 0. The molecule has 1 saturated heterocycles. The maximum atomic E-state index is 12.2. The molecule has 1 fully saturated rings. The van der Waals surface area contributed by atoms with E-state index in [-0.39, 0.29) is 12.0 Å². The predicted molar refractivity (Wildman–Crippen MR) is 67.5 cm³/mol. The number of anilines is 1. The lowest BCUT2D eigenvalue weighted by Crippen LogP contribution is -2.30. The van der Waals surface area contributed by atoms with Crippen molar-refractivity contribution in [3.8, 4) is 0 Å². The van der Waals surface area contributed by atoms with Crippen LogP contribution in [0.4, 0.5) is 5.82 Å². The smallest absolute Gasteiger partial charge is 0.274 e. The molecule has 18 heavy (non-hydrogen) atoms. The summed E-state index contributed by atoms with van der Waals surface area (Å²) in [6.45, 7) is 4.06. The maximum Gasteiger partial charge on any atom is 0.274 e. The Morgan fingerprint density at radius 3 is 3.11 bits per heavy atom. The maximum absolute atomic E-state index is 12.2. The van der Waals surface area contributed by atoms with Gasteiger partial charge >= 0.3 is 0 Å². The van der Waals surface area contributed by atoms with Crippen molar-refractivity contribution in [2.75, 3.05) is 32.1 Å². The summed E-state index contributed by atoms with van der Waals surface area (Å²) < 4.78 is 5.25. The van der Waals surface area contributed by atoms with Crippen molar-refractivity contribution >= 4 is 11.7 Å². The topological polar surface area (TPSA) is 67.4 Å². The number of aromatic nitrogens is 2. The van der Waals surface area contributed by atoms with Crippen LogP contribution >= 0.6 is 0 Å². The second-order valence-corrected chi connectivity index (χ2v) is 4.22. The monoisotopic (exact) mass is 250 g/mol. The molecule has 1 unspecified atom stereocenters. The summed E-state index contributed by atoms with van der Waals surface area (Å²) in [5, 5.41) is 3.04. The number of hydrogen-bond acceptors (Lipinski definition) is 5. The molecule has 1 amide bonds. The minimum Gasteiger partial charge on any atom is -0.380 e. The number of carbonyl (C=O) groups is 1. The first-order valence-electron chi connectivity index (χ1n) is 6.12. The Hall–Kier alpha value is -1.69. The highest BCUT2D eigenvalue weighted by molar-refractivity contribution is 5.92. The number of rotatable bonds is 4. The van der Waals surface area contributed by atoms with Gasteiger partial charge in [-0.25, -0.2) is 4.98 Å². The summed E-state index contributed by atoms with van der Waals surface area (Å²) in [5.41, 5.74) is 0.380. The molecule has 0 aromatic carbocycles. The fourth-order valence-corrected chi connectivity index (χ4v) is 2.00. The van der Waals surface area contributed by atoms with Gasteiger partial charge in [-0.15, -0.1) is 0 Å². The first kappa shape index (κ1) is 12.8. The lowest BCUT2D eigenvalue weighted by atomic mass is 10.3. The van der Waals surface area contributed by atoms with Gasteiger partial charge in [0.05, 0.1) is 18.5 Å². The first-order valence-corrected chi connectivity index (χ1v) is 6.12. The number of hydrogen-bond donors (Lipinski definition) is 1. The van der Waals surface area contributed by atoms with Gasteiger partial charge in [0.25, 0.3) is 5.91 Å². The molecule has 6 heteroatoms. The zero-order valence-electron chi connectivity index (χ0n) is 10.7. The molecular formula is C12H18N4O2. The third kappa shape index (κ3) is 2.76. The molecule has 98 valence electrons. The van der Waals surface area contributed by atoms with Gasteiger partial charge < -0.3 is 15.0 Å². The van der Waals surface area contributed by atoms with Crippen molar-refractivity contribution in [3.63, 3.8) is 0 Å². The number of methoxy groups -OCH3 is 1. The van der Waals surface area contributed by atoms with E-state index in [0.717, 1.165) is 13.0 Å². The molecule has 2 rings (SSSR count). The first-order chi connectivity index (χ1) is 8.74. The van der Waals surface area contributed by atoms with E-state index in [1.165, 1.54) is 6.20 Å². The lowest BCUT2D eigenvalue weighted by Gasteiger charge is -2.15. The van der Waals surface area contributed by atoms with E-state index in [0.29, 0.717) is 24.6 Å². The predicted octanol–water partition coefficient (Wildman–Crippen LogP) is 0.769. The van der Waals surface area contributed by atoms with Crippen LogP contribution in [0.1, 0.15) is 23.8 Å². The van der Waals surface area contributed by atoms with Crippen molar-refractivity contribution in [2.45, 2.75) is 19.4 Å². The molecule has 1 N–H and O–H groups in total. The van der Waals surface area contributed by atoms with Crippen molar-refractivity contribution in [1.29, 1.82) is 0 Å². The fraction of sp³-hybridized carbons (Fsp3) is 0.583. The van der Waals surface area contributed by atoms with Crippen molar-refractivity contribution in [2.24, 2.45) is 0 Å². The van der Waals surface area contributed by atoms with Crippen LogP contribution in [0.25, 0.3) is 0 Å². The number of nitrogens with one attached hydrogen (secondary N) is 1. The molecular weight excluding hydrogens is 232 g/mol. The van der Waals surface area contributed by atoms with Gasteiger partial charge in [-0.05, 0) is 13.3 Å². The average molecular weight is 250 g/mol. The molecule has 1 aromatic rings. The van der Waals surface area contributed by atoms with Crippen molar-refractivity contribution < 1.29 is 9.53 Å². The largest absolute Gasteiger partial charge is 0.380 e. The second kappa shape index (κ2) is 5.77. The molecule has 1 atom stereocenters. The van der Waals surface area contributed by atoms with Gasteiger partial charge in [-0.1, -0.05) is 0 Å². The number of likely N-dealkylation sites (tertiary alicyclic amines) is 1. The molecule has 0 aliphatic carbocycles. The Labute approximate surface area is 106 Å². The fourth-order valence-electron chi connectivity index (χ4n) is 2.00. The number of carbonyl (C=O) groups excluding carboxylic acids is 1. The Morgan fingerprint density at radius 2 is 2.44 bits per heavy atom. The molecule has 1 aliphatic heterocycles. The Bertz CT molecular complexity index is 424. The van der Waals surface area contributed by atoms with E-state index in [4.69, 9.17) is 4.74 Å². The van der Waals surface area contributed by atoms with Gasteiger partial charge in [0.15, 0.2) is 0 Å². The number of nitrogens with zero attached hydrogens (tertiary/aromatic N) is 3. The molecule has 1 aliphatic rings. The van der Waals surface area contributed by atoms with Crippen LogP contribution in [0, 0.1) is 0 Å². The SMILES string of the molecule is CCNc1cncc(C(=O)N2CCC(OC)C2)n1. The summed E-state index contributed by atoms with van der Waals surface area (Å²) in [7, 11) is 1.67. The van der Waals surface area contributed by atoms with Gasteiger partial charge in [-0.3, -0.25) is 9.78 Å². The summed E-state index contributed by atoms with van der Waals surface area (Å²) in [5.74, 6) is 0.549. The Balaban J connectivity index is 2.07. The second-order valence-electron chi connectivity index (χ2n) is 4.22. The molecule has 6 nitrogen and oxygen atoms in total. The number of ether oxygens (including phenoxy) is 1. The normalized spacial score (nSPS) is 19.0. The van der Waals surface area contributed by atoms with E-state index in [1.54, 1.807) is 18.2 Å². The van der Waals surface area contributed by atoms with Gasteiger partial charge in [-0.2, -0.15) is 0 Å². The van der Waals surface area contributed by atoms with E-state index < -0.39 is 0 Å². The third-order valence-corrected chi connectivity index (χ3v) is 2.98. The van der Waals surface area contributed by atoms with Crippen LogP contribution in [0.15, 0.2) is 12.4 Å². The lowest BCUT2D eigenvalue weighted by molar-refractivity contribution is 0.0718. The zero-order valence-corrected chi connectivity index (χ0v) is 10.7. The standard InChI is InChI=1S/C12H18N4O2/c1-3-14-11-7-13-6-10(15-11)12(17)16-5-4-9(8-16)18-2/h6-7,9H,3-5,8H2,1-2H3,(H,14,15). The van der Waals surface area contributed by atoms with Crippen LogP contribution in [-0.4, -0.2) is 53.6 Å². The molecule has 0 bridgehead atoms. The minimum absolute atomic E-state index is 0.0817. The highest BCUT2D eigenvalue weighted by Gasteiger charge is 2.27. The number of amides is 1. The van der Waals surface area contributed by atoms with E-state index in [1.807, 2.05) is 6.92 Å².